The zero-order valence-corrected chi connectivity index (χ0v) is 11.6. The van der Waals surface area contributed by atoms with Crippen LogP contribution in [0.3, 0.4) is 0 Å². The van der Waals surface area contributed by atoms with Gasteiger partial charge < -0.3 is 5.73 Å². The van der Waals surface area contributed by atoms with Crippen molar-refractivity contribution in [2.45, 2.75) is 12.8 Å². The van der Waals surface area contributed by atoms with E-state index in [9.17, 15) is 0 Å². The highest BCUT2D eigenvalue weighted by Crippen LogP contribution is 2.40. The van der Waals surface area contributed by atoms with Crippen molar-refractivity contribution in [2.24, 2.45) is 0 Å². The highest BCUT2D eigenvalue weighted by atomic mass is 35.5. The standard InChI is InChI=1S/C17H13ClN2/c18-14-6-3-5-11-10(14)8-9-13-16(19)12-4-1-2-7-15(12)20-17(11)13/h1-7H,8-9H2,(H2,19,20). The van der Waals surface area contributed by atoms with Crippen molar-refractivity contribution in [1.29, 1.82) is 0 Å². The third-order valence-electron chi connectivity index (χ3n) is 4.04. The molecule has 0 atom stereocenters. The largest absolute Gasteiger partial charge is 0.398 e. The number of nitrogens with two attached hydrogens (primary N) is 1. The summed E-state index contributed by atoms with van der Waals surface area (Å²) in [7, 11) is 0. The molecule has 0 unspecified atom stereocenters. The van der Waals surface area contributed by atoms with Crippen molar-refractivity contribution in [3.63, 3.8) is 0 Å². The van der Waals surface area contributed by atoms with Crippen LogP contribution in [0.2, 0.25) is 5.02 Å². The molecule has 3 aromatic rings. The number of halogens is 1. The maximum absolute atomic E-state index is 6.36. The highest BCUT2D eigenvalue weighted by Gasteiger charge is 2.22. The SMILES string of the molecule is Nc1c2c(nc3ccccc13)-c1cccc(Cl)c1CC2. The van der Waals surface area contributed by atoms with Crippen LogP contribution < -0.4 is 5.73 Å². The Balaban J connectivity index is 2.11. The van der Waals surface area contributed by atoms with E-state index in [1.165, 1.54) is 5.56 Å². The molecule has 2 aromatic carbocycles. The van der Waals surface area contributed by atoms with E-state index >= 15 is 0 Å². The number of anilines is 1. The Kier molecular flexibility index (Phi) is 2.48. The predicted octanol–water partition coefficient (Wildman–Crippen LogP) is 4.24. The van der Waals surface area contributed by atoms with Gasteiger partial charge in [0.1, 0.15) is 0 Å². The molecular formula is C17H13ClN2. The Morgan fingerprint density at radius 2 is 1.75 bits per heavy atom. The molecule has 3 heteroatoms. The summed E-state index contributed by atoms with van der Waals surface area (Å²) in [6, 6.07) is 14.0. The Morgan fingerprint density at radius 1 is 0.950 bits per heavy atom. The fourth-order valence-electron chi connectivity index (χ4n) is 3.04. The molecule has 2 nitrogen and oxygen atoms in total. The summed E-state index contributed by atoms with van der Waals surface area (Å²) in [5, 5.41) is 1.86. The second-order valence-electron chi connectivity index (χ2n) is 5.14. The molecule has 0 radical (unpaired) electrons. The van der Waals surface area contributed by atoms with Gasteiger partial charge in [0.05, 0.1) is 11.2 Å². The summed E-state index contributed by atoms with van der Waals surface area (Å²) in [6.45, 7) is 0. The lowest BCUT2D eigenvalue weighted by Crippen LogP contribution is -2.10. The number of fused-ring (bicyclic) bond motifs is 4. The van der Waals surface area contributed by atoms with Crippen molar-refractivity contribution in [1.82, 2.24) is 4.98 Å². The summed E-state index contributed by atoms with van der Waals surface area (Å²) in [4.78, 5) is 4.82. The molecule has 20 heavy (non-hydrogen) atoms. The fraction of sp³-hybridized carbons (Fsp3) is 0.118. The van der Waals surface area contributed by atoms with Crippen LogP contribution in [0.4, 0.5) is 5.69 Å². The van der Waals surface area contributed by atoms with E-state index < -0.39 is 0 Å². The molecule has 98 valence electrons. The molecule has 0 spiro atoms. The van der Waals surface area contributed by atoms with E-state index in [0.29, 0.717) is 0 Å². The van der Waals surface area contributed by atoms with Crippen molar-refractivity contribution < 1.29 is 0 Å². The minimum Gasteiger partial charge on any atom is -0.398 e. The monoisotopic (exact) mass is 280 g/mol. The van der Waals surface area contributed by atoms with Crippen LogP contribution in [-0.4, -0.2) is 4.98 Å². The van der Waals surface area contributed by atoms with Gasteiger partial charge in [-0.3, -0.25) is 0 Å². The van der Waals surface area contributed by atoms with Crippen LogP contribution in [0, 0.1) is 0 Å². The number of hydrogen-bond donors (Lipinski definition) is 1. The first-order valence-electron chi connectivity index (χ1n) is 6.70. The second kappa shape index (κ2) is 4.22. The van der Waals surface area contributed by atoms with E-state index in [2.05, 4.69) is 6.07 Å². The first kappa shape index (κ1) is 11.7. The van der Waals surface area contributed by atoms with Gasteiger partial charge in [-0.1, -0.05) is 41.9 Å². The number of rotatable bonds is 0. The van der Waals surface area contributed by atoms with Crippen LogP contribution in [-0.2, 0) is 12.8 Å². The van der Waals surface area contributed by atoms with Gasteiger partial charge in [0.2, 0.25) is 0 Å². The Morgan fingerprint density at radius 3 is 2.65 bits per heavy atom. The molecule has 0 amide bonds. The minimum absolute atomic E-state index is 0.821. The lowest BCUT2D eigenvalue weighted by Gasteiger charge is -2.22. The first-order chi connectivity index (χ1) is 9.75. The molecule has 1 aromatic heterocycles. The lowest BCUT2D eigenvalue weighted by molar-refractivity contribution is 0.936. The topological polar surface area (TPSA) is 38.9 Å². The molecule has 1 heterocycles. The smallest absolute Gasteiger partial charge is 0.0765 e. The first-order valence-corrected chi connectivity index (χ1v) is 7.08. The van der Waals surface area contributed by atoms with Gasteiger partial charge in [-0.25, -0.2) is 4.98 Å². The molecule has 1 aliphatic rings. The van der Waals surface area contributed by atoms with Gasteiger partial charge in [-0.15, -0.1) is 0 Å². The van der Waals surface area contributed by atoms with Crippen molar-refractivity contribution in [3.8, 4) is 11.3 Å². The molecule has 4 rings (SSSR count). The van der Waals surface area contributed by atoms with E-state index in [0.717, 1.165) is 51.3 Å². The van der Waals surface area contributed by atoms with Crippen LogP contribution in [0.5, 0.6) is 0 Å². The summed E-state index contributed by atoms with van der Waals surface area (Å²) in [6.07, 6.45) is 1.82. The van der Waals surface area contributed by atoms with Gasteiger partial charge in [0.25, 0.3) is 0 Å². The van der Waals surface area contributed by atoms with Crippen molar-refractivity contribution in [2.75, 3.05) is 5.73 Å². The molecule has 0 saturated carbocycles. The maximum Gasteiger partial charge on any atom is 0.0765 e. The molecule has 0 fully saturated rings. The minimum atomic E-state index is 0.821. The number of nitrogens with zero attached hydrogens (tertiary/aromatic N) is 1. The zero-order valence-electron chi connectivity index (χ0n) is 10.9. The second-order valence-corrected chi connectivity index (χ2v) is 5.54. The van der Waals surface area contributed by atoms with Gasteiger partial charge in [-0.05, 0) is 30.5 Å². The summed E-state index contributed by atoms with van der Waals surface area (Å²) >= 11 is 6.31. The normalized spacial score (nSPS) is 13.1. The van der Waals surface area contributed by atoms with Crippen LogP contribution in [0.15, 0.2) is 42.5 Å². The Bertz CT molecular complexity index is 840. The van der Waals surface area contributed by atoms with E-state index in [-0.39, 0.29) is 0 Å². The number of aromatic nitrogens is 1. The predicted molar refractivity (Wildman–Crippen MR) is 84.0 cm³/mol. The van der Waals surface area contributed by atoms with Crippen LogP contribution in [0.25, 0.3) is 22.2 Å². The molecule has 2 N–H and O–H groups in total. The average molecular weight is 281 g/mol. The molecule has 1 aliphatic carbocycles. The number of pyridine rings is 1. The van der Waals surface area contributed by atoms with E-state index in [4.69, 9.17) is 22.3 Å². The van der Waals surface area contributed by atoms with E-state index in [1.807, 2.05) is 36.4 Å². The quantitative estimate of drug-likeness (QED) is 0.669. The third-order valence-corrected chi connectivity index (χ3v) is 4.39. The number of nitrogen functional groups attached to an aromatic ring is 1. The third kappa shape index (κ3) is 1.55. The highest BCUT2D eigenvalue weighted by molar-refractivity contribution is 6.31. The lowest BCUT2D eigenvalue weighted by atomic mass is 9.87. The van der Waals surface area contributed by atoms with Crippen molar-refractivity contribution in [3.05, 3.63) is 58.6 Å². The Labute approximate surface area is 122 Å². The molecule has 0 aliphatic heterocycles. The zero-order chi connectivity index (χ0) is 13.7. The summed E-state index contributed by atoms with van der Waals surface area (Å²) in [5.41, 5.74) is 12.6. The van der Waals surface area contributed by atoms with Gasteiger partial charge in [-0.2, -0.15) is 0 Å². The number of hydrogen-bond acceptors (Lipinski definition) is 2. The molecule has 0 bridgehead atoms. The molecule has 0 saturated heterocycles. The van der Waals surface area contributed by atoms with Crippen molar-refractivity contribution >= 4 is 28.2 Å². The summed E-state index contributed by atoms with van der Waals surface area (Å²) in [5.74, 6) is 0. The Hall–Kier alpha value is -2.06. The van der Waals surface area contributed by atoms with Crippen LogP contribution in [0.1, 0.15) is 11.1 Å². The number of para-hydroxylation sites is 1. The average Bonchev–Trinajstić information content (AvgIpc) is 2.48. The number of benzene rings is 2. The van der Waals surface area contributed by atoms with Gasteiger partial charge in [0, 0.05) is 27.2 Å². The summed E-state index contributed by atoms with van der Waals surface area (Å²) < 4.78 is 0. The van der Waals surface area contributed by atoms with E-state index in [1.54, 1.807) is 0 Å². The van der Waals surface area contributed by atoms with Gasteiger partial charge >= 0.3 is 0 Å². The van der Waals surface area contributed by atoms with Gasteiger partial charge in [0.15, 0.2) is 0 Å². The fourth-order valence-corrected chi connectivity index (χ4v) is 3.31. The van der Waals surface area contributed by atoms with Crippen LogP contribution >= 0.6 is 11.6 Å². The maximum atomic E-state index is 6.36. The molecular weight excluding hydrogens is 268 g/mol.